The maximum absolute atomic E-state index is 12.7. The van der Waals surface area contributed by atoms with Gasteiger partial charge in [0.25, 0.3) is 0 Å². The van der Waals surface area contributed by atoms with E-state index in [2.05, 4.69) is 30.6 Å². The summed E-state index contributed by atoms with van der Waals surface area (Å²) < 4.78 is 6.04. The van der Waals surface area contributed by atoms with Crippen LogP contribution in [-0.4, -0.2) is 65.0 Å². The van der Waals surface area contributed by atoms with Crippen LogP contribution in [0.1, 0.15) is 47.5 Å². The number of fused-ring (bicyclic) bond motifs is 1. The molecule has 3 unspecified atom stereocenters. The van der Waals surface area contributed by atoms with Crippen molar-refractivity contribution in [1.29, 1.82) is 0 Å². The molecule has 0 saturated carbocycles. The van der Waals surface area contributed by atoms with Crippen molar-refractivity contribution in [2.75, 3.05) is 26.2 Å². The van der Waals surface area contributed by atoms with Gasteiger partial charge in [0.05, 0.1) is 11.5 Å². The fourth-order valence-electron chi connectivity index (χ4n) is 4.55. The topological polar surface area (TPSA) is 32.8 Å². The van der Waals surface area contributed by atoms with Crippen molar-refractivity contribution >= 4 is 5.78 Å². The molecule has 3 fully saturated rings. The molecule has 3 aliphatic rings. The number of rotatable bonds is 2. The fourth-order valence-corrected chi connectivity index (χ4v) is 4.55. The number of ether oxygens (including phenoxy) is 1. The Morgan fingerprint density at radius 3 is 2.57 bits per heavy atom. The zero-order chi connectivity index (χ0) is 15.4. The molecule has 0 amide bonds. The smallest absolute Gasteiger partial charge is 0.171 e. The highest BCUT2D eigenvalue weighted by atomic mass is 16.5. The molecule has 120 valence electrons. The highest BCUT2D eigenvalue weighted by Crippen LogP contribution is 2.40. The van der Waals surface area contributed by atoms with E-state index in [1.807, 2.05) is 13.8 Å². The fraction of sp³-hybridized carbons (Fsp3) is 0.941. The Bertz CT molecular complexity index is 433. The molecule has 0 aromatic rings. The first kappa shape index (κ1) is 15.4. The Morgan fingerprint density at radius 1 is 1.24 bits per heavy atom. The second kappa shape index (κ2) is 5.04. The van der Waals surface area contributed by atoms with E-state index in [0.29, 0.717) is 12.1 Å². The van der Waals surface area contributed by atoms with E-state index in [4.69, 9.17) is 4.74 Å². The van der Waals surface area contributed by atoms with Crippen LogP contribution in [-0.2, 0) is 9.53 Å². The van der Waals surface area contributed by atoms with Crippen LogP contribution < -0.4 is 0 Å². The van der Waals surface area contributed by atoms with Crippen molar-refractivity contribution in [3.05, 3.63) is 0 Å². The highest BCUT2D eigenvalue weighted by Gasteiger charge is 2.54. The summed E-state index contributed by atoms with van der Waals surface area (Å²) in [5, 5.41) is 0. The molecule has 0 radical (unpaired) electrons. The Balaban J connectivity index is 1.72. The third-order valence-electron chi connectivity index (χ3n) is 5.75. The molecular formula is C17H30N2O2. The van der Waals surface area contributed by atoms with Crippen molar-refractivity contribution < 1.29 is 9.53 Å². The highest BCUT2D eigenvalue weighted by molar-refractivity contribution is 5.91. The number of carbonyl (C=O) groups is 1. The second-order valence-electron chi connectivity index (χ2n) is 8.23. The van der Waals surface area contributed by atoms with Gasteiger partial charge in [-0.3, -0.25) is 14.6 Å². The van der Waals surface area contributed by atoms with Gasteiger partial charge in [0, 0.05) is 31.7 Å². The molecule has 0 bridgehead atoms. The summed E-state index contributed by atoms with van der Waals surface area (Å²) in [6.07, 6.45) is 2.64. The van der Waals surface area contributed by atoms with Gasteiger partial charge < -0.3 is 4.74 Å². The maximum Gasteiger partial charge on any atom is 0.171 e. The molecule has 3 atom stereocenters. The van der Waals surface area contributed by atoms with Crippen molar-refractivity contribution in [3.63, 3.8) is 0 Å². The van der Waals surface area contributed by atoms with Crippen LogP contribution in [0.15, 0.2) is 0 Å². The van der Waals surface area contributed by atoms with Gasteiger partial charge in [0.1, 0.15) is 5.60 Å². The lowest BCUT2D eigenvalue weighted by Gasteiger charge is -2.44. The summed E-state index contributed by atoms with van der Waals surface area (Å²) in [6, 6.07) is 1.24. The van der Waals surface area contributed by atoms with Crippen LogP contribution in [0.5, 0.6) is 0 Å². The predicted molar refractivity (Wildman–Crippen MR) is 83.4 cm³/mol. The first-order valence-electron chi connectivity index (χ1n) is 8.43. The molecule has 0 N–H and O–H groups in total. The van der Waals surface area contributed by atoms with Gasteiger partial charge in [0.2, 0.25) is 0 Å². The molecule has 4 nitrogen and oxygen atoms in total. The van der Waals surface area contributed by atoms with E-state index in [-0.39, 0.29) is 17.3 Å². The summed E-state index contributed by atoms with van der Waals surface area (Å²) in [5.41, 5.74) is -0.986. The number of ketones is 1. The monoisotopic (exact) mass is 294 g/mol. The first-order valence-corrected chi connectivity index (χ1v) is 8.43. The predicted octanol–water partition coefficient (Wildman–Crippen LogP) is 1.93. The Kier molecular flexibility index (Phi) is 3.70. The minimum absolute atomic E-state index is 0.0112. The van der Waals surface area contributed by atoms with Crippen molar-refractivity contribution in [3.8, 4) is 0 Å². The first-order chi connectivity index (χ1) is 9.71. The van der Waals surface area contributed by atoms with E-state index < -0.39 is 5.60 Å². The summed E-state index contributed by atoms with van der Waals surface area (Å²) in [5.74, 6) is 0.261. The second-order valence-corrected chi connectivity index (χ2v) is 8.23. The van der Waals surface area contributed by atoms with Crippen LogP contribution in [0.3, 0.4) is 0 Å². The number of Topliss-reactive ketones (excluding diaryl/α,β-unsaturated/α-hetero) is 1. The van der Waals surface area contributed by atoms with Crippen molar-refractivity contribution in [1.82, 2.24) is 9.80 Å². The third kappa shape index (κ3) is 2.66. The van der Waals surface area contributed by atoms with Crippen molar-refractivity contribution in [2.45, 2.75) is 70.7 Å². The lowest BCUT2D eigenvalue weighted by molar-refractivity contribution is -0.132. The number of piperazine rings is 1. The summed E-state index contributed by atoms with van der Waals surface area (Å²) in [7, 11) is 0. The Hall–Kier alpha value is -0.450. The quantitative estimate of drug-likeness (QED) is 0.779. The zero-order valence-corrected chi connectivity index (χ0v) is 14.2. The lowest BCUT2D eigenvalue weighted by Crippen LogP contribution is -2.57. The summed E-state index contributed by atoms with van der Waals surface area (Å²) >= 11 is 0. The maximum atomic E-state index is 12.7. The molecule has 3 saturated heterocycles. The van der Waals surface area contributed by atoms with E-state index in [0.717, 1.165) is 19.6 Å². The molecule has 21 heavy (non-hydrogen) atoms. The molecule has 0 spiro atoms. The van der Waals surface area contributed by atoms with Gasteiger partial charge in [0.15, 0.2) is 5.78 Å². The summed E-state index contributed by atoms with van der Waals surface area (Å²) in [6.45, 7) is 14.6. The summed E-state index contributed by atoms with van der Waals surface area (Å²) in [4.78, 5) is 17.8. The number of hydrogen-bond acceptors (Lipinski definition) is 4. The van der Waals surface area contributed by atoms with Crippen molar-refractivity contribution in [2.24, 2.45) is 5.92 Å². The minimum atomic E-state index is -0.632. The van der Waals surface area contributed by atoms with Gasteiger partial charge in [-0.1, -0.05) is 0 Å². The van der Waals surface area contributed by atoms with E-state index in [9.17, 15) is 4.79 Å². The van der Waals surface area contributed by atoms with Crippen LogP contribution in [0.2, 0.25) is 0 Å². The molecule has 0 aromatic heterocycles. The molecule has 3 heterocycles. The Labute approximate surface area is 128 Å². The molecule has 4 heteroatoms. The molecular weight excluding hydrogens is 264 g/mol. The number of carbonyl (C=O) groups excluding carboxylic acids is 1. The zero-order valence-electron chi connectivity index (χ0n) is 14.2. The van der Waals surface area contributed by atoms with E-state index in [1.54, 1.807) is 0 Å². The molecule has 3 rings (SSSR count). The SMILES string of the molecule is CC1CN2CCCC2CN1CC1C(=O)C(C)(C)OC1(C)C. The normalized spacial score (nSPS) is 39.7. The van der Waals surface area contributed by atoms with Crippen LogP contribution in [0.4, 0.5) is 0 Å². The lowest BCUT2D eigenvalue weighted by atomic mass is 9.85. The van der Waals surface area contributed by atoms with Gasteiger partial charge in [-0.15, -0.1) is 0 Å². The minimum Gasteiger partial charge on any atom is -0.361 e. The number of nitrogens with zero attached hydrogens (tertiary/aromatic N) is 2. The van der Waals surface area contributed by atoms with E-state index >= 15 is 0 Å². The van der Waals surface area contributed by atoms with Crippen LogP contribution in [0, 0.1) is 5.92 Å². The van der Waals surface area contributed by atoms with Gasteiger partial charge in [-0.25, -0.2) is 0 Å². The number of hydrogen-bond donors (Lipinski definition) is 0. The van der Waals surface area contributed by atoms with Crippen LogP contribution >= 0.6 is 0 Å². The molecule has 0 aromatic carbocycles. The Morgan fingerprint density at radius 2 is 1.95 bits per heavy atom. The van der Waals surface area contributed by atoms with Gasteiger partial charge in [-0.2, -0.15) is 0 Å². The molecule has 0 aliphatic carbocycles. The third-order valence-corrected chi connectivity index (χ3v) is 5.75. The van der Waals surface area contributed by atoms with Gasteiger partial charge in [-0.05, 0) is 54.0 Å². The largest absolute Gasteiger partial charge is 0.361 e. The molecule has 3 aliphatic heterocycles. The van der Waals surface area contributed by atoms with Gasteiger partial charge >= 0.3 is 0 Å². The average molecular weight is 294 g/mol. The van der Waals surface area contributed by atoms with E-state index in [1.165, 1.54) is 19.4 Å². The standard InChI is InChI=1S/C17H30N2O2/c1-12-9-18-8-6-7-13(18)10-19(12)11-14-15(20)17(4,5)21-16(14,2)3/h12-14H,6-11H2,1-5H3. The average Bonchev–Trinajstić information content (AvgIpc) is 2.85. The van der Waals surface area contributed by atoms with Crippen LogP contribution in [0.25, 0.3) is 0 Å².